The summed E-state index contributed by atoms with van der Waals surface area (Å²) >= 11 is 14.3. The van der Waals surface area contributed by atoms with Crippen LogP contribution in [-0.4, -0.2) is 90.3 Å². The maximum Gasteiger partial charge on any atom is 0.258 e. The van der Waals surface area contributed by atoms with Gasteiger partial charge in [-0.05, 0) is 37.6 Å². The minimum Gasteiger partial charge on any atom is -0.495 e. The minimum absolute atomic E-state index is 0.162. The van der Waals surface area contributed by atoms with E-state index in [1.54, 1.807) is 11.4 Å². The van der Waals surface area contributed by atoms with Crippen molar-refractivity contribution in [1.29, 1.82) is 0 Å². The monoisotopic (exact) mass is 657 g/mol. The van der Waals surface area contributed by atoms with Gasteiger partial charge in [0.2, 0.25) is 0 Å². The van der Waals surface area contributed by atoms with Gasteiger partial charge in [0.25, 0.3) is 5.91 Å². The van der Waals surface area contributed by atoms with Crippen molar-refractivity contribution in [3.63, 3.8) is 0 Å². The maximum absolute atomic E-state index is 13.4. The molecule has 0 bridgehead atoms. The predicted octanol–water partition coefficient (Wildman–Crippen LogP) is 5.70. The first kappa shape index (κ1) is 30.8. The Morgan fingerprint density at radius 2 is 1.77 bits per heavy atom. The number of methoxy groups -OCH3 is 2. The van der Waals surface area contributed by atoms with E-state index in [0.717, 1.165) is 51.5 Å². The molecular formula is C30H33Cl2N7O4S. The molecule has 11 nitrogen and oxygen atoms in total. The summed E-state index contributed by atoms with van der Waals surface area (Å²) < 4.78 is 16.8. The quantitative estimate of drug-likeness (QED) is 0.232. The zero-order valence-electron chi connectivity index (χ0n) is 24.4. The van der Waals surface area contributed by atoms with Crippen molar-refractivity contribution >= 4 is 68.0 Å². The Morgan fingerprint density at radius 3 is 2.43 bits per heavy atom. The van der Waals surface area contributed by atoms with Crippen LogP contribution in [0.3, 0.4) is 0 Å². The number of fused-ring (bicyclic) bond motifs is 1. The van der Waals surface area contributed by atoms with Gasteiger partial charge in [-0.1, -0.05) is 29.3 Å². The average Bonchev–Trinajstić information content (AvgIpc) is 3.50. The minimum atomic E-state index is -0.434. The Kier molecular flexibility index (Phi) is 9.65. The van der Waals surface area contributed by atoms with E-state index in [9.17, 15) is 4.79 Å². The predicted molar refractivity (Wildman–Crippen MR) is 173 cm³/mol. The van der Waals surface area contributed by atoms with Gasteiger partial charge in [-0.3, -0.25) is 14.6 Å². The molecule has 1 aromatic carbocycles. The van der Waals surface area contributed by atoms with Crippen LogP contribution in [0.15, 0.2) is 36.1 Å². The number of hydrogen-bond acceptors (Lipinski definition) is 11. The van der Waals surface area contributed by atoms with Crippen molar-refractivity contribution in [2.24, 2.45) is 0 Å². The van der Waals surface area contributed by atoms with Crippen LogP contribution in [0.5, 0.6) is 11.5 Å². The number of thiophene rings is 1. The molecule has 2 N–H and O–H groups in total. The third-order valence-electron chi connectivity index (χ3n) is 8.01. The highest BCUT2D eigenvalue weighted by atomic mass is 35.5. The molecule has 4 aromatic rings. The van der Waals surface area contributed by atoms with E-state index < -0.39 is 5.91 Å². The van der Waals surface area contributed by atoms with Gasteiger partial charge in [-0.15, -0.1) is 11.3 Å². The van der Waals surface area contributed by atoms with Crippen molar-refractivity contribution in [1.82, 2.24) is 24.8 Å². The van der Waals surface area contributed by atoms with E-state index in [-0.39, 0.29) is 15.7 Å². The second-order valence-electron chi connectivity index (χ2n) is 10.6. The normalized spacial score (nSPS) is 16.6. The number of morpholine rings is 1. The highest BCUT2D eigenvalue weighted by molar-refractivity contribution is 7.18. The summed E-state index contributed by atoms with van der Waals surface area (Å²) in [5.41, 5.74) is 2.19. The molecule has 2 saturated heterocycles. The van der Waals surface area contributed by atoms with Gasteiger partial charge in [-0.2, -0.15) is 0 Å². The SMILES string of the molecule is COc1cc(OC)c(Cl)c(NC(=O)c2csc3c(Nc4ccc(CN5CCC(N6CCOCC6)CC5)cn4)ncnc23)c1Cl. The number of ether oxygens (including phenoxy) is 3. The molecule has 232 valence electrons. The lowest BCUT2D eigenvalue weighted by atomic mass is 10.0. The van der Waals surface area contributed by atoms with E-state index in [1.165, 1.54) is 44.7 Å². The topological polar surface area (TPSA) is 114 Å². The Morgan fingerprint density at radius 1 is 1.05 bits per heavy atom. The molecule has 6 rings (SSSR count). The highest BCUT2D eigenvalue weighted by Gasteiger charge is 2.26. The summed E-state index contributed by atoms with van der Waals surface area (Å²) in [6.07, 6.45) is 5.69. The van der Waals surface area contributed by atoms with E-state index in [1.807, 2.05) is 12.3 Å². The second-order valence-corrected chi connectivity index (χ2v) is 12.3. The number of rotatable bonds is 9. The highest BCUT2D eigenvalue weighted by Crippen LogP contribution is 2.44. The number of benzene rings is 1. The Labute approximate surface area is 269 Å². The van der Waals surface area contributed by atoms with E-state index >= 15 is 0 Å². The molecular weight excluding hydrogens is 625 g/mol. The van der Waals surface area contributed by atoms with Crippen molar-refractivity contribution in [2.45, 2.75) is 25.4 Å². The van der Waals surface area contributed by atoms with Crippen LogP contribution in [0, 0.1) is 0 Å². The Balaban J connectivity index is 1.11. The Hall–Kier alpha value is -3.26. The lowest BCUT2D eigenvalue weighted by Gasteiger charge is -2.40. The standard InChI is InChI=1S/C30H33Cl2N7O4S/c1-41-21-13-22(42-2)25(32)27(24(21)31)37-30(40)20-16-44-28-26(20)34-17-35-29(28)36-23-4-3-18(14-33-23)15-38-7-5-19(6-8-38)39-9-11-43-12-10-39/h3-4,13-14,16-17,19H,5-12,15H2,1-2H3,(H,37,40)(H,33,34,35,36). The number of halogens is 2. The lowest BCUT2D eigenvalue weighted by molar-refractivity contribution is 0.000224. The molecule has 2 aliphatic heterocycles. The molecule has 0 radical (unpaired) electrons. The van der Waals surface area contributed by atoms with Crippen LogP contribution in [0.25, 0.3) is 10.2 Å². The van der Waals surface area contributed by atoms with Gasteiger partial charge in [-0.25, -0.2) is 15.0 Å². The number of piperidine rings is 1. The van der Waals surface area contributed by atoms with Crippen LogP contribution >= 0.6 is 34.5 Å². The van der Waals surface area contributed by atoms with Crippen LogP contribution < -0.4 is 20.1 Å². The van der Waals surface area contributed by atoms with E-state index in [2.05, 4.69) is 41.5 Å². The molecule has 1 amide bonds. The molecule has 0 spiro atoms. The third kappa shape index (κ3) is 6.56. The number of nitrogens with one attached hydrogen (secondary N) is 2. The van der Waals surface area contributed by atoms with Gasteiger partial charge >= 0.3 is 0 Å². The van der Waals surface area contributed by atoms with Crippen LogP contribution in [0.4, 0.5) is 17.3 Å². The summed E-state index contributed by atoms with van der Waals surface area (Å²) in [5.74, 6) is 1.42. The fraction of sp³-hybridized carbons (Fsp3) is 0.400. The molecule has 0 atom stereocenters. The molecule has 0 unspecified atom stereocenters. The number of aromatic nitrogens is 3. The van der Waals surface area contributed by atoms with Gasteiger partial charge in [0.05, 0.1) is 48.9 Å². The van der Waals surface area contributed by atoms with Crippen molar-refractivity contribution < 1.29 is 19.0 Å². The number of carbonyl (C=O) groups is 1. The smallest absolute Gasteiger partial charge is 0.258 e. The van der Waals surface area contributed by atoms with Crippen LogP contribution in [0.2, 0.25) is 10.0 Å². The average molecular weight is 659 g/mol. The summed E-state index contributed by atoms with van der Waals surface area (Å²) in [6, 6.07) is 6.26. The number of amides is 1. The van der Waals surface area contributed by atoms with Crippen molar-refractivity contribution in [3.05, 3.63) is 57.3 Å². The Bertz CT molecular complexity index is 1600. The molecule has 0 aliphatic carbocycles. The van der Waals surface area contributed by atoms with Crippen LogP contribution in [0.1, 0.15) is 28.8 Å². The largest absolute Gasteiger partial charge is 0.495 e. The molecule has 3 aromatic heterocycles. The first-order chi connectivity index (χ1) is 21.4. The fourth-order valence-corrected chi connectivity index (χ4v) is 7.17. The molecule has 44 heavy (non-hydrogen) atoms. The molecule has 14 heteroatoms. The summed E-state index contributed by atoms with van der Waals surface area (Å²) in [6.45, 7) is 6.83. The molecule has 5 heterocycles. The fourth-order valence-electron chi connectivity index (χ4n) is 5.63. The lowest BCUT2D eigenvalue weighted by Crippen LogP contribution is -2.48. The van der Waals surface area contributed by atoms with E-state index in [4.69, 9.17) is 37.4 Å². The van der Waals surface area contributed by atoms with Crippen molar-refractivity contribution in [3.8, 4) is 11.5 Å². The zero-order valence-corrected chi connectivity index (χ0v) is 26.8. The summed E-state index contributed by atoms with van der Waals surface area (Å²) in [4.78, 5) is 31.9. The maximum atomic E-state index is 13.4. The first-order valence-electron chi connectivity index (χ1n) is 14.3. The first-order valence-corrected chi connectivity index (χ1v) is 16.0. The van der Waals surface area contributed by atoms with Gasteiger partial charge in [0.15, 0.2) is 5.82 Å². The number of hydrogen-bond donors (Lipinski definition) is 2. The summed E-state index contributed by atoms with van der Waals surface area (Å²) in [5, 5.41) is 8.12. The van der Waals surface area contributed by atoms with Crippen molar-refractivity contribution in [2.75, 3.05) is 64.2 Å². The number of carbonyl (C=O) groups excluding carboxylic acids is 1. The van der Waals surface area contributed by atoms with Gasteiger partial charge in [0.1, 0.15) is 33.7 Å². The number of likely N-dealkylation sites (tertiary alicyclic amines) is 1. The van der Waals surface area contributed by atoms with Gasteiger partial charge in [0, 0.05) is 43.3 Å². The molecule has 2 fully saturated rings. The number of nitrogens with zero attached hydrogens (tertiary/aromatic N) is 5. The van der Waals surface area contributed by atoms with Crippen LogP contribution in [-0.2, 0) is 11.3 Å². The van der Waals surface area contributed by atoms with Gasteiger partial charge < -0.3 is 24.8 Å². The molecule has 2 aliphatic rings. The number of anilines is 3. The van der Waals surface area contributed by atoms with E-state index in [0.29, 0.717) is 45.0 Å². The third-order valence-corrected chi connectivity index (χ3v) is 9.73. The molecule has 0 saturated carbocycles. The number of pyridine rings is 1. The zero-order chi connectivity index (χ0) is 30.6. The summed E-state index contributed by atoms with van der Waals surface area (Å²) in [7, 11) is 2.94. The second kappa shape index (κ2) is 13.8.